The first-order chi connectivity index (χ1) is 48.9. The molecule has 0 amide bonds. The zero-order valence-electron chi connectivity index (χ0n) is 66.2. The second-order valence-corrected chi connectivity index (χ2v) is 33.4. The van der Waals surface area contributed by atoms with E-state index in [-0.39, 0.29) is 25.7 Å². The predicted molar refractivity (Wildman–Crippen MR) is 414 cm³/mol. The number of aliphatic hydroxyl groups excluding tert-OH is 1. The third kappa shape index (κ3) is 76.1. The second-order valence-electron chi connectivity index (χ2n) is 30.5. The van der Waals surface area contributed by atoms with E-state index in [9.17, 15) is 43.2 Å². The Kier molecular flexibility index (Phi) is 72.2. The molecular formula is C82H160O17P2. The molecule has 0 fully saturated rings. The molecule has 2 unspecified atom stereocenters. The van der Waals surface area contributed by atoms with Gasteiger partial charge >= 0.3 is 39.5 Å². The summed E-state index contributed by atoms with van der Waals surface area (Å²) in [5.41, 5.74) is 0. The van der Waals surface area contributed by atoms with Gasteiger partial charge in [-0.15, -0.1) is 0 Å². The minimum atomic E-state index is -4.96. The maximum atomic E-state index is 13.1. The highest BCUT2D eigenvalue weighted by molar-refractivity contribution is 7.47. The molecule has 0 aliphatic carbocycles. The summed E-state index contributed by atoms with van der Waals surface area (Å²) in [5.74, 6) is -0.611. The monoisotopic (exact) mass is 1480 g/mol. The minimum Gasteiger partial charge on any atom is -0.462 e. The largest absolute Gasteiger partial charge is 0.472 e. The maximum absolute atomic E-state index is 13.1. The van der Waals surface area contributed by atoms with Gasteiger partial charge in [-0.3, -0.25) is 37.3 Å². The van der Waals surface area contributed by atoms with Crippen molar-refractivity contribution < 1.29 is 80.2 Å². The van der Waals surface area contributed by atoms with Gasteiger partial charge < -0.3 is 33.8 Å². The number of phosphoric ester groups is 2. The van der Waals surface area contributed by atoms with Crippen molar-refractivity contribution in [2.45, 2.75) is 452 Å². The van der Waals surface area contributed by atoms with E-state index in [0.29, 0.717) is 25.7 Å². The topological polar surface area (TPSA) is 237 Å². The summed E-state index contributed by atoms with van der Waals surface area (Å²) in [6.07, 6.45) is 63.9. The number of carbonyl (C=O) groups excluding carboxylic acids is 4. The van der Waals surface area contributed by atoms with E-state index in [1.165, 1.54) is 250 Å². The molecule has 19 heteroatoms. The summed E-state index contributed by atoms with van der Waals surface area (Å²) >= 11 is 0. The number of ether oxygens (including phenoxy) is 4. The Morgan fingerprint density at radius 1 is 0.267 bits per heavy atom. The van der Waals surface area contributed by atoms with Gasteiger partial charge in [0, 0.05) is 25.7 Å². The van der Waals surface area contributed by atoms with Crippen LogP contribution < -0.4 is 0 Å². The summed E-state index contributed by atoms with van der Waals surface area (Å²) < 4.78 is 68.7. The first kappa shape index (κ1) is 99.1. The number of hydrogen-bond donors (Lipinski definition) is 3. The SMILES string of the molecule is CCCCCCCCCCCCCCCCCCCCCCCCC(=O)O[C@H](COC(=O)CCCCCCCCCCCCCC(C)C)COP(=O)(O)OC[C@@H](O)COP(=O)(O)OC[C@@H](COC(=O)CCCCCCCCCCC(C)C)OC(=O)CCCCCCCCCCCCCCCC. The van der Waals surface area contributed by atoms with Crippen LogP contribution in [0.1, 0.15) is 433 Å². The smallest absolute Gasteiger partial charge is 0.462 e. The summed E-state index contributed by atoms with van der Waals surface area (Å²) in [7, 11) is -9.92. The average Bonchev–Trinajstić information content (AvgIpc) is 0.955. The standard InChI is InChI=1S/C82H160O17P2/c1-7-9-11-13-15-17-19-21-23-24-25-26-27-28-29-30-32-36-41-49-55-61-67-82(87)98-77(70-92-79(84)64-58-52-46-39-37-33-34-38-44-50-56-62-74(3)4)72-96-100(88,89)94-68-76(83)69-95-101(90,91)97-73-78(71-93-80(85)65-59-53-47-43-42-45-51-57-63-75(5)6)99-81(86)66-60-54-48-40-35-31-22-20-18-16-14-12-10-8-2/h74-78,83H,7-73H2,1-6H3,(H,88,89)(H,90,91)/t76-,77-,78-/m1/s1. The Hall–Kier alpha value is -1.94. The second kappa shape index (κ2) is 73.6. The van der Waals surface area contributed by atoms with Crippen molar-refractivity contribution in [3.8, 4) is 0 Å². The number of rotatable bonds is 81. The number of carbonyl (C=O) groups is 4. The first-order valence-corrected chi connectivity index (χ1v) is 45.5. The lowest BCUT2D eigenvalue weighted by Gasteiger charge is -2.21. The van der Waals surface area contributed by atoms with E-state index in [0.717, 1.165) is 102 Å². The summed E-state index contributed by atoms with van der Waals surface area (Å²) in [4.78, 5) is 73.0. The van der Waals surface area contributed by atoms with Gasteiger partial charge in [0.2, 0.25) is 0 Å². The van der Waals surface area contributed by atoms with Crippen LogP contribution in [0.25, 0.3) is 0 Å². The van der Waals surface area contributed by atoms with Crippen LogP contribution in [0.5, 0.6) is 0 Å². The van der Waals surface area contributed by atoms with Crippen LogP contribution in [-0.4, -0.2) is 96.7 Å². The number of unbranched alkanes of at least 4 members (excludes halogenated alkanes) is 51. The molecular weight excluding hydrogens is 1320 g/mol. The Morgan fingerprint density at radius 2 is 0.455 bits per heavy atom. The van der Waals surface area contributed by atoms with E-state index in [1.54, 1.807) is 0 Å². The molecule has 5 atom stereocenters. The van der Waals surface area contributed by atoms with Gasteiger partial charge in [-0.2, -0.15) is 0 Å². The Morgan fingerprint density at radius 3 is 0.673 bits per heavy atom. The summed E-state index contributed by atoms with van der Waals surface area (Å²) in [5, 5.41) is 10.6. The molecule has 0 saturated heterocycles. The molecule has 0 saturated carbocycles. The van der Waals surface area contributed by atoms with Crippen LogP contribution in [0.15, 0.2) is 0 Å². The van der Waals surface area contributed by atoms with Crippen molar-refractivity contribution in [1.82, 2.24) is 0 Å². The minimum absolute atomic E-state index is 0.108. The third-order valence-electron chi connectivity index (χ3n) is 19.2. The fourth-order valence-corrected chi connectivity index (χ4v) is 14.3. The zero-order chi connectivity index (χ0) is 74.2. The third-order valence-corrected chi connectivity index (χ3v) is 21.1. The first-order valence-electron chi connectivity index (χ1n) is 42.5. The van der Waals surface area contributed by atoms with Gasteiger partial charge in [-0.05, 0) is 37.5 Å². The fourth-order valence-electron chi connectivity index (χ4n) is 12.7. The van der Waals surface area contributed by atoms with Crippen LogP contribution >= 0.6 is 15.6 Å². The van der Waals surface area contributed by atoms with Crippen molar-refractivity contribution in [1.29, 1.82) is 0 Å². The molecule has 101 heavy (non-hydrogen) atoms. The van der Waals surface area contributed by atoms with Gasteiger partial charge in [0.15, 0.2) is 12.2 Å². The van der Waals surface area contributed by atoms with Gasteiger partial charge in [-0.1, -0.05) is 382 Å². The van der Waals surface area contributed by atoms with E-state index in [2.05, 4.69) is 41.5 Å². The number of esters is 4. The normalized spacial score (nSPS) is 13.9. The van der Waals surface area contributed by atoms with E-state index < -0.39 is 97.5 Å². The highest BCUT2D eigenvalue weighted by atomic mass is 31.2. The van der Waals surface area contributed by atoms with E-state index >= 15 is 0 Å². The maximum Gasteiger partial charge on any atom is 0.472 e. The van der Waals surface area contributed by atoms with Gasteiger partial charge in [0.05, 0.1) is 26.4 Å². The van der Waals surface area contributed by atoms with Crippen molar-refractivity contribution in [2.24, 2.45) is 11.8 Å². The summed E-state index contributed by atoms with van der Waals surface area (Å²) in [6.45, 7) is 9.61. The van der Waals surface area contributed by atoms with Gasteiger partial charge in [0.25, 0.3) is 0 Å². The Labute approximate surface area is 619 Å². The van der Waals surface area contributed by atoms with Crippen LogP contribution in [0.3, 0.4) is 0 Å². The van der Waals surface area contributed by atoms with Crippen molar-refractivity contribution in [3.63, 3.8) is 0 Å². The zero-order valence-corrected chi connectivity index (χ0v) is 68.0. The van der Waals surface area contributed by atoms with Crippen LogP contribution in [0.4, 0.5) is 0 Å². The lowest BCUT2D eigenvalue weighted by atomic mass is 10.0. The van der Waals surface area contributed by atoms with Crippen molar-refractivity contribution >= 4 is 39.5 Å². The molecule has 0 bridgehead atoms. The predicted octanol–water partition coefficient (Wildman–Crippen LogP) is 24.7. The van der Waals surface area contributed by atoms with Crippen LogP contribution in [-0.2, 0) is 65.4 Å². The number of hydrogen-bond acceptors (Lipinski definition) is 15. The highest BCUT2D eigenvalue weighted by Crippen LogP contribution is 2.45. The molecule has 0 aromatic heterocycles. The molecule has 0 spiro atoms. The van der Waals surface area contributed by atoms with Gasteiger partial charge in [0.1, 0.15) is 19.3 Å². The molecule has 3 N–H and O–H groups in total. The molecule has 17 nitrogen and oxygen atoms in total. The van der Waals surface area contributed by atoms with E-state index in [1.807, 2.05) is 0 Å². The van der Waals surface area contributed by atoms with Crippen molar-refractivity contribution in [2.75, 3.05) is 39.6 Å². The average molecular weight is 1480 g/mol. The fraction of sp³-hybridized carbons (Fsp3) is 0.951. The lowest BCUT2D eigenvalue weighted by Crippen LogP contribution is -2.30. The highest BCUT2D eigenvalue weighted by Gasteiger charge is 2.30. The molecule has 0 rings (SSSR count). The van der Waals surface area contributed by atoms with Crippen LogP contribution in [0.2, 0.25) is 0 Å². The molecule has 0 aromatic rings. The van der Waals surface area contributed by atoms with E-state index in [4.69, 9.17) is 37.0 Å². The molecule has 0 radical (unpaired) electrons. The molecule has 0 aromatic carbocycles. The van der Waals surface area contributed by atoms with Gasteiger partial charge in [-0.25, -0.2) is 9.13 Å². The molecule has 600 valence electrons. The lowest BCUT2D eigenvalue weighted by molar-refractivity contribution is -0.161. The number of aliphatic hydroxyl groups is 1. The van der Waals surface area contributed by atoms with Crippen molar-refractivity contribution in [3.05, 3.63) is 0 Å². The Bertz CT molecular complexity index is 1940. The molecule has 0 heterocycles. The molecule has 0 aliphatic heterocycles. The quantitative estimate of drug-likeness (QED) is 0.0222. The summed E-state index contributed by atoms with van der Waals surface area (Å²) in [6, 6.07) is 0. The number of phosphoric acid groups is 2. The molecule has 0 aliphatic rings. The van der Waals surface area contributed by atoms with Crippen LogP contribution in [0, 0.1) is 11.8 Å². The Balaban J connectivity index is 5.21.